The summed E-state index contributed by atoms with van der Waals surface area (Å²) in [5.41, 5.74) is 0. The number of hydrogen-bond acceptors (Lipinski definition) is 7. The summed E-state index contributed by atoms with van der Waals surface area (Å²) in [6, 6.07) is 0. The molecule has 0 saturated heterocycles. The second-order valence-corrected chi connectivity index (χ2v) is 10.7. The third-order valence-electron chi connectivity index (χ3n) is 4.01. The number of carbonyl (C=O) groups excluding carboxylic acids is 1. The molecular weight excluding hydrogens is 416 g/mol. The summed E-state index contributed by atoms with van der Waals surface area (Å²) in [5, 5.41) is 0. The monoisotopic (exact) mass is 455 g/mol. The molecule has 0 aromatic rings. The Bertz CT molecular complexity index is 519. The van der Waals surface area contributed by atoms with Crippen LogP contribution in [0.25, 0.3) is 0 Å². The molecule has 0 aliphatic rings. The first kappa shape index (κ1) is 28.5. The molecule has 0 aliphatic heterocycles. The Balaban J connectivity index is 5.75. The van der Waals surface area contributed by atoms with E-state index in [1.54, 1.807) is 32.6 Å². The van der Waals surface area contributed by atoms with Crippen LogP contribution in [0.2, 0.25) is 0 Å². The molecule has 29 heavy (non-hydrogen) atoms. The van der Waals surface area contributed by atoms with Gasteiger partial charge in [-0.25, -0.2) is 0 Å². The van der Waals surface area contributed by atoms with Crippen LogP contribution in [0.4, 0.5) is 0 Å². The van der Waals surface area contributed by atoms with Gasteiger partial charge in [0.05, 0.1) is 38.8 Å². The molecule has 0 N–H and O–H groups in total. The van der Waals surface area contributed by atoms with Crippen LogP contribution < -0.4 is 0 Å². The van der Waals surface area contributed by atoms with E-state index < -0.39 is 21.1 Å². The molecule has 0 heterocycles. The van der Waals surface area contributed by atoms with E-state index in [1.807, 2.05) is 6.92 Å². The highest BCUT2D eigenvalue weighted by atomic mass is 31.2. The van der Waals surface area contributed by atoms with Crippen LogP contribution in [-0.2, 0) is 32.0 Å². The minimum Gasteiger partial charge on any atom is -0.339 e. The smallest absolute Gasteiger partial charge is 0.331 e. The Morgan fingerprint density at radius 1 is 0.897 bits per heavy atom. The van der Waals surface area contributed by atoms with Crippen LogP contribution in [0.1, 0.15) is 47.5 Å². The fourth-order valence-electron chi connectivity index (χ4n) is 2.96. The largest absolute Gasteiger partial charge is 0.339 e. The zero-order valence-electron chi connectivity index (χ0n) is 18.6. The zero-order chi connectivity index (χ0) is 22.3. The van der Waals surface area contributed by atoms with Gasteiger partial charge in [0.1, 0.15) is 0 Å². The van der Waals surface area contributed by atoms with Gasteiger partial charge in [-0.15, -0.1) is 0 Å². The van der Waals surface area contributed by atoms with E-state index in [-0.39, 0.29) is 51.2 Å². The highest BCUT2D eigenvalue weighted by molar-refractivity contribution is 7.55. The molecule has 0 aromatic carbocycles. The number of unbranched alkanes of at least 4 members (excludes halogenated alkanes) is 1. The molecule has 8 nitrogen and oxygen atoms in total. The Hall–Kier alpha value is -0.490. The van der Waals surface area contributed by atoms with Gasteiger partial charge in [0, 0.05) is 13.1 Å². The topological polar surface area (TPSA) is 91.4 Å². The average molecular weight is 455 g/mol. The van der Waals surface area contributed by atoms with Crippen molar-refractivity contribution in [2.24, 2.45) is 5.92 Å². The highest BCUT2D eigenvalue weighted by Crippen LogP contribution is 2.55. The van der Waals surface area contributed by atoms with E-state index >= 15 is 0 Å². The summed E-state index contributed by atoms with van der Waals surface area (Å²) >= 11 is 0. The van der Waals surface area contributed by atoms with Crippen molar-refractivity contribution in [1.82, 2.24) is 4.90 Å². The van der Waals surface area contributed by atoms with Crippen LogP contribution in [0.3, 0.4) is 0 Å². The van der Waals surface area contributed by atoms with Gasteiger partial charge in [0.25, 0.3) is 0 Å². The summed E-state index contributed by atoms with van der Waals surface area (Å²) in [6.07, 6.45) is 3.02. The Morgan fingerprint density at radius 2 is 1.31 bits per heavy atom. The first-order valence-corrected chi connectivity index (χ1v) is 13.9. The molecule has 1 amide bonds. The Labute approximate surface area is 176 Å². The van der Waals surface area contributed by atoms with E-state index in [9.17, 15) is 13.9 Å². The molecule has 0 bridgehead atoms. The van der Waals surface area contributed by atoms with Crippen LogP contribution in [0, 0.1) is 5.92 Å². The third-order valence-corrected chi connectivity index (χ3v) is 8.55. The Kier molecular flexibility index (Phi) is 15.1. The van der Waals surface area contributed by atoms with E-state index in [2.05, 4.69) is 6.58 Å². The second kappa shape index (κ2) is 15.3. The summed E-state index contributed by atoms with van der Waals surface area (Å²) < 4.78 is 47.9. The molecule has 0 atom stereocenters. The summed E-state index contributed by atoms with van der Waals surface area (Å²) in [7, 11) is -6.83. The van der Waals surface area contributed by atoms with E-state index in [4.69, 9.17) is 18.1 Å². The molecule has 0 rings (SSSR count). The highest BCUT2D eigenvalue weighted by Gasteiger charge is 2.36. The van der Waals surface area contributed by atoms with Crippen LogP contribution >= 0.6 is 15.2 Å². The molecule has 0 spiro atoms. The van der Waals surface area contributed by atoms with Gasteiger partial charge in [-0.05, 0) is 46.1 Å². The molecule has 0 aromatic heterocycles. The fraction of sp³-hybridized carbons (Fsp3) is 0.842. The van der Waals surface area contributed by atoms with Crippen molar-refractivity contribution in [3.8, 4) is 0 Å². The maximum atomic E-state index is 13.1. The van der Waals surface area contributed by atoms with Crippen molar-refractivity contribution in [1.29, 1.82) is 0 Å². The van der Waals surface area contributed by atoms with E-state index in [0.717, 1.165) is 12.8 Å². The van der Waals surface area contributed by atoms with Gasteiger partial charge in [0.15, 0.2) is 0 Å². The molecule has 0 saturated carbocycles. The lowest BCUT2D eigenvalue weighted by molar-refractivity contribution is -0.126. The summed E-state index contributed by atoms with van der Waals surface area (Å²) in [5.74, 6) is -0.683. The van der Waals surface area contributed by atoms with Gasteiger partial charge >= 0.3 is 15.2 Å². The fourth-order valence-corrected chi connectivity index (χ4v) is 7.06. The van der Waals surface area contributed by atoms with Crippen molar-refractivity contribution in [3.05, 3.63) is 12.7 Å². The number of hydrogen-bond donors (Lipinski definition) is 0. The van der Waals surface area contributed by atoms with Gasteiger partial charge in [-0.1, -0.05) is 19.9 Å². The van der Waals surface area contributed by atoms with E-state index in [0.29, 0.717) is 6.54 Å². The first-order valence-electron chi connectivity index (χ1n) is 10.4. The van der Waals surface area contributed by atoms with Crippen molar-refractivity contribution in [3.63, 3.8) is 0 Å². The molecule has 0 unspecified atom stereocenters. The maximum absolute atomic E-state index is 13.1. The quantitative estimate of drug-likeness (QED) is 0.213. The van der Waals surface area contributed by atoms with Crippen molar-refractivity contribution < 1.29 is 32.0 Å². The Morgan fingerprint density at radius 3 is 1.62 bits per heavy atom. The summed E-state index contributed by atoms with van der Waals surface area (Å²) in [6.45, 7) is 14.2. The zero-order valence-corrected chi connectivity index (χ0v) is 20.4. The molecular formula is C19H39NO7P2. The van der Waals surface area contributed by atoms with Crippen molar-refractivity contribution in [2.45, 2.75) is 47.5 Å². The first-order chi connectivity index (χ1) is 13.7. The maximum Gasteiger partial charge on any atom is 0.331 e. The van der Waals surface area contributed by atoms with Crippen molar-refractivity contribution >= 4 is 21.1 Å². The van der Waals surface area contributed by atoms with Crippen LogP contribution in [0.15, 0.2) is 12.7 Å². The standard InChI is InChI=1S/C19H39NO7P2/c1-7-13-14-20(19(21)8-2)15-18(16-28(22,24-9-3)25-10-4)17-29(23,26-11-5)27-12-6/h8,18H,2,7,9-17H2,1,3-6H3. The average Bonchev–Trinajstić information content (AvgIpc) is 2.64. The number of nitrogens with zero attached hydrogens (tertiary/aromatic N) is 1. The molecule has 10 heteroatoms. The van der Waals surface area contributed by atoms with Crippen LogP contribution in [-0.4, -0.2) is 62.6 Å². The van der Waals surface area contributed by atoms with Gasteiger partial charge in [-0.2, -0.15) is 0 Å². The van der Waals surface area contributed by atoms with Crippen molar-refractivity contribution in [2.75, 3.05) is 51.8 Å². The predicted octanol–water partition coefficient (Wildman–Crippen LogP) is 4.95. The molecule has 172 valence electrons. The second-order valence-electron chi connectivity index (χ2n) is 6.47. The lowest BCUT2D eigenvalue weighted by Gasteiger charge is -2.30. The normalized spacial score (nSPS) is 12.3. The lowest BCUT2D eigenvalue weighted by Crippen LogP contribution is -2.37. The molecule has 0 radical (unpaired) electrons. The van der Waals surface area contributed by atoms with Gasteiger partial charge in [-0.3, -0.25) is 13.9 Å². The van der Waals surface area contributed by atoms with Gasteiger partial charge < -0.3 is 23.0 Å². The lowest BCUT2D eigenvalue weighted by atomic mass is 10.2. The minimum absolute atomic E-state index is 0.0197. The third kappa shape index (κ3) is 11.5. The minimum atomic E-state index is -3.42. The predicted molar refractivity (Wildman–Crippen MR) is 117 cm³/mol. The van der Waals surface area contributed by atoms with Gasteiger partial charge in [0.2, 0.25) is 5.91 Å². The van der Waals surface area contributed by atoms with E-state index in [1.165, 1.54) is 6.08 Å². The van der Waals surface area contributed by atoms with Crippen LogP contribution in [0.5, 0.6) is 0 Å². The number of amides is 1. The number of rotatable bonds is 18. The molecule has 0 fully saturated rings. The number of carbonyl (C=O) groups is 1. The summed E-state index contributed by atoms with van der Waals surface area (Å²) in [4.78, 5) is 14.0. The molecule has 0 aliphatic carbocycles. The SMILES string of the molecule is C=CC(=O)N(CCCC)CC(CP(=O)(OCC)OCC)CP(=O)(OCC)OCC.